The van der Waals surface area contributed by atoms with Crippen LogP contribution in [0.3, 0.4) is 0 Å². The van der Waals surface area contributed by atoms with E-state index in [4.69, 9.17) is 62.6 Å². The molecule has 16 rings (SSSR count). The highest BCUT2D eigenvalue weighted by Gasteiger charge is 2.47. The predicted octanol–water partition coefficient (Wildman–Crippen LogP) is 13.2. The van der Waals surface area contributed by atoms with Gasteiger partial charge in [-0.15, -0.1) is 0 Å². The van der Waals surface area contributed by atoms with E-state index < -0.39 is 60.7 Å². The highest BCUT2D eigenvalue weighted by atomic mass is 16.6. The van der Waals surface area contributed by atoms with E-state index in [1.165, 1.54) is 42.7 Å². The largest absolute Gasteiger partial charge is 0.488 e. The number of likely N-dealkylation sites (tertiary alicyclic amines) is 4. The molecule has 33 heteroatoms. The second-order valence-electron chi connectivity index (χ2n) is 34.1. The molecule has 0 aliphatic carbocycles. The van der Waals surface area contributed by atoms with Crippen molar-refractivity contribution in [1.82, 2.24) is 80.7 Å². The van der Waals surface area contributed by atoms with Crippen molar-refractivity contribution in [1.29, 1.82) is 0 Å². The number of ether oxygens (including phenoxy) is 9. The molecule has 10 heterocycles. The lowest BCUT2D eigenvalue weighted by molar-refractivity contribution is -0.140. The second kappa shape index (κ2) is 36.2. The van der Waals surface area contributed by atoms with Crippen molar-refractivity contribution >= 4 is 91.6 Å². The van der Waals surface area contributed by atoms with Crippen molar-refractivity contribution in [2.75, 3.05) is 69.5 Å². The summed E-state index contributed by atoms with van der Waals surface area (Å²) in [6.07, 6.45) is 4.11. The molecular formula is C91H110N16O17. The quantitative estimate of drug-likeness (QED) is 0.0292. The second-order valence-corrected chi connectivity index (χ2v) is 34.1. The number of fused-ring (bicyclic) bond motifs is 12. The van der Waals surface area contributed by atoms with Gasteiger partial charge in [0.1, 0.15) is 72.2 Å². The first kappa shape index (κ1) is 86.6. The molecule has 124 heavy (non-hydrogen) atoms. The predicted molar refractivity (Wildman–Crippen MR) is 461 cm³/mol. The summed E-state index contributed by atoms with van der Waals surface area (Å²) in [4.78, 5) is 146. The van der Waals surface area contributed by atoms with E-state index in [1.807, 2.05) is 75.7 Å². The van der Waals surface area contributed by atoms with Crippen LogP contribution in [0.25, 0.3) is 88.4 Å². The molecule has 6 aromatic carbocycles. The number of nitrogens with zero attached hydrogens (tertiary/aromatic N) is 8. The molecular weight excluding hydrogens is 1590 g/mol. The number of rotatable bonds is 22. The van der Waals surface area contributed by atoms with Crippen molar-refractivity contribution in [2.24, 2.45) is 23.7 Å². The normalized spacial score (nSPS) is 21.0. The third kappa shape index (κ3) is 16.9. The average molecular weight is 1700 g/mol. The molecule has 6 aliphatic rings. The van der Waals surface area contributed by atoms with E-state index in [1.54, 1.807) is 37.0 Å². The molecule has 6 aliphatic heterocycles. The van der Waals surface area contributed by atoms with Gasteiger partial charge in [0.05, 0.1) is 117 Å². The molecule has 1 unspecified atom stereocenters. The summed E-state index contributed by atoms with van der Waals surface area (Å²) in [5.74, 6) is 3.42. The van der Waals surface area contributed by atoms with Crippen molar-refractivity contribution < 1.29 is 81.0 Å². The Kier molecular flexibility index (Phi) is 25.3. The molecule has 4 fully saturated rings. The Morgan fingerprint density at radius 2 is 0.863 bits per heavy atom. The first-order valence-electron chi connectivity index (χ1n) is 42.4. The van der Waals surface area contributed by atoms with Crippen LogP contribution in [0.2, 0.25) is 0 Å². The average Bonchev–Trinajstić information content (AvgIpc) is 1.48. The van der Waals surface area contributed by atoms with Crippen LogP contribution in [0, 0.1) is 23.7 Å². The molecule has 4 aromatic heterocycles. The van der Waals surface area contributed by atoms with E-state index in [9.17, 15) is 38.4 Å². The number of H-pyrrole nitrogens is 4. The van der Waals surface area contributed by atoms with Crippen molar-refractivity contribution in [3.63, 3.8) is 0 Å². The van der Waals surface area contributed by atoms with Crippen LogP contribution in [-0.4, -0.2) is 225 Å². The number of carbonyl (C=O) groups is 8. The van der Waals surface area contributed by atoms with Gasteiger partial charge in [0.2, 0.25) is 23.6 Å². The van der Waals surface area contributed by atoms with Crippen LogP contribution in [-0.2, 0) is 65.5 Å². The van der Waals surface area contributed by atoms with Crippen LogP contribution in [0.15, 0.2) is 97.3 Å². The Balaban J connectivity index is 0.000000192. The van der Waals surface area contributed by atoms with Crippen LogP contribution in [0.4, 0.5) is 19.2 Å². The van der Waals surface area contributed by atoms with E-state index in [2.05, 4.69) is 115 Å². The summed E-state index contributed by atoms with van der Waals surface area (Å²) in [6.45, 7) is 19.4. The Morgan fingerprint density at radius 3 is 1.29 bits per heavy atom. The van der Waals surface area contributed by atoms with Gasteiger partial charge in [-0.3, -0.25) is 19.2 Å². The highest BCUT2D eigenvalue weighted by molar-refractivity contribution is 6.08. The first-order chi connectivity index (χ1) is 59.6. The fourth-order valence-electron chi connectivity index (χ4n) is 18.6. The topological polar surface area (TPSA) is 395 Å². The fraction of sp³-hybridized carbons (Fsp3) is 0.473. The fourth-order valence-corrected chi connectivity index (χ4v) is 18.6. The van der Waals surface area contributed by atoms with Crippen LogP contribution >= 0.6 is 0 Å². The standard InChI is InChI=1S/C46H56N8O8.C45H54N8O9/c1-23(2)38(51-45(57)60-7)43(55)53-19-25(5)13-35(53)41-47-18-34(49-41)28-9-11-30-29(15-28)22-62-37-17-31-27(16-32(30)37)10-12-33-40(31)50-42(48-33)36-14-26(21-59-6)20-54(36)44(56)39(24(3)4)52-46(58)61-8;1-22-9-15-34(52(22)42(54)37(24(3)58-5)50-44(56)60-7)40-46-20-33(48-40)27-11-13-29-28(17-27)21-62-36-19-30-26(18-31(29)36)12-14-32-39(30)49-41(47-32)35-16-10-23(2)53(35)43(55)38(25(4)59-6)51-45(57)61-8/h9-12,15-18,23-26,35-36,38-39H,13-14,19-22H2,1-8H3,(H,47,49)(H,48,50)(H,51,57)(H,52,58);11-14,17-20,22-25,34-35,37-38H,9-10,15-16,21H2,1-8H3,(H,46,48)(H,47,49)(H,50,56)(H,51,57)/t25-,26-,35-,36-,38-,39?;22-,23-,24+,25+,34-,35-,37-,38-/m00/s1. The van der Waals surface area contributed by atoms with Crippen molar-refractivity contribution in [3.8, 4) is 56.3 Å². The highest BCUT2D eigenvalue weighted by Crippen LogP contribution is 2.48. The summed E-state index contributed by atoms with van der Waals surface area (Å²) in [6, 6.07) is 24.3. The first-order valence-corrected chi connectivity index (χ1v) is 42.4. The maximum Gasteiger partial charge on any atom is 0.407 e. The molecule has 4 saturated heterocycles. The summed E-state index contributed by atoms with van der Waals surface area (Å²) < 4.78 is 48.5. The zero-order valence-electron chi connectivity index (χ0n) is 72.8. The lowest BCUT2D eigenvalue weighted by Gasteiger charge is -2.33. The molecule has 33 nitrogen and oxygen atoms in total. The number of hydrogen-bond donors (Lipinski definition) is 8. The van der Waals surface area contributed by atoms with Gasteiger partial charge >= 0.3 is 24.4 Å². The number of methoxy groups -OCH3 is 7. The minimum Gasteiger partial charge on any atom is -0.488 e. The van der Waals surface area contributed by atoms with Gasteiger partial charge in [-0.2, -0.15) is 0 Å². The van der Waals surface area contributed by atoms with Crippen LogP contribution in [0.1, 0.15) is 159 Å². The monoisotopic (exact) mass is 1700 g/mol. The van der Waals surface area contributed by atoms with Crippen molar-refractivity contribution in [3.05, 3.63) is 132 Å². The molecule has 0 spiro atoms. The summed E-state index contributed by atoms with van der Waals surface area (Å²) in [5, 5.41) is 14.6. The number of alkyl carbamates (subject to hydrolysis) is 4. The number of hydrogen-bond acceptors (Lipinski definition) is 21. The van der Waals surface area contributed by atoms with E-state index >= 15 is 0 Å². The van der Waals surface area contributed by atoms with Gasteiger partial charge < -0.3 is 103 Å². The van der Waals surface area contributed by atoms with Gasteiger partial charge in [-0.05, 0) is 177 Å². The zero-order chi connectivity index (χ0) is 88.0. The van der Waals surface area contributed by atoms with Gasteiger partial charge in [0.15, 0.2) is 0 Å². The number of imidazole rings is 4. The minimum absolute atomic E-state index is 0.0750. The number of nitrogens with one attached hydrogen (secondary N) is 8. The molecule has 0 radical (unpaired) electrons. The third-order valence-corrected chi connectivity index (χ3v) is 25.4. The Labute approximate surface area is 717 Å². The summed E-state index contributed by atoms with van der Waals surface area (Å²) in [7, 11) is 9.76. The van der Waals surface area contributed by atoms with Crippen molar-refractivity contribution in [2.45, 2.75) is 187 Å². The molecule has 14 atom stereocenters. The lowest BCUT2D eigenvalue weighted by Crippen LogP contribution is -2.55. The van der Waals surface area contributed by atoms with E-state index in [0.717, 1.165) is 130 Å². The maximum atomic E-state index is 14.1. The summed E-state index contributed by atoms with van der Waals surface area (Å²) in [5.41, 5.74) is 12.9. The maximum absolute atomic E-state index is 14.1. The molecule has 0 saturated carbocycles. The van der Waals surface area contributed by atoms with Gasteiger partial charge in [-0.25, -0.2) is 39.1 Å². The van der Waals surface area contributed by atoms with Gasteiger partial charge in [0, 0.05) is 74.3 Å². The number of aromatic amines is 4. The summed E-state index contributed by atoms with van der Waals surface area (Å²) >= 11 is 0. The molecule has 10 aromatic rings. The Morgan fingerprint density at radius 1 is 0.452 bits per heavy atom. The lowest BCUT2D eigenvalue weighted by atomic mass is 9.92. The third-order valence-electron chi connectivity index (χ3n) is 25.4. The van der Waals surface area contributed by atoms with Crippen LogP contribution < -0.4 is 30.7 Å². The smallest absolute Gasteiger partial charge is 0.407 e. The molecule has 8 N–H and O–H groups in total. The molecule has 0 bridgehead atoms. The van der Waals surface area contributed by atoms with E-state index in [-0.39, 0.29) is 83.6 Å². The number of aromatic nitrogens is 8. The van der Waals surface area contributed by atoms with Crippen LogP contribution in [0.5, 0.6) is 11.5 Å². The molecule has 8 amide bonds. The Hall–Kier alpha value is -12.4. The SMILES string of the molecule is COC(=O)N[C@H](C(=O)N1[C@@H](C)CC[C@H]1c1ncc(-c2ccc3c(c2)COc2cc4c(ccc5[nH]c([C@@H]6CC[C@H](C)N6C(=O)[C@@H](NC(=O)OC)[C@@H](C)OC)nc54)cc2-3)[nH]1)[C@@H](C)OC.COC[C@H]1C[C@@H](c2nc3c(ccc4cc5c(cc43)OCc3cc(-c4cnc([C@@H]6C[C@H](C)CN6C(=O)[C@@H](NC(=O)OC)C(C)C)[nH]4)ccc3-5)[nH]2)N(C(=O)C(NC(=O)OC)C(C)C)C1. The van der Waals surface area contributed by atoms with E-state index in [0.29, 0.717) is 75.5 Å². The minimum atomic E-state index is -0.938. The molecule has 656 valence electrons. The zero-order valence-corrected chi connectivity index (χ0v) is 72.8. The Bertz CT molecular complexity index is 5720. The number of amides is 8. The number of carbonyl (C=O) groups excluding carboxylic acids is 8. The number of benzene rings is 6. The van der Waals surface area contributed by atoms with Gasteiger partial charge in [0.25, 0.3) is 0 Å². The van der Waals surface area contributed by atoms with Gasteiger partial charge in [-0.1, -0.05) is 71.0 Å².